The summed E-state index contributed by atoms with van der Waals surface area (Å²) in [6.45, 7) is 1.58. The lowest BCUT2D eigenvalue weighted by atomic mass is 10.4. The first-order valence-corrected chi connectivity index (χ1v) is 4.61. The van der Waals surface area contributed by atoms with Crippen molar-refractivity contribution in [3.05, 3.63) is 35.4 Å². The van der Waals surface area contributed by atoms with Gasteiger partial charge in [0.05, 0.1) is 6.54 Å². The second-order valence-electron chi connectivity index (χ2n) is 3.17. The summed E-state index contributed by atoms with van der Waals surface area (Å²) in [6, 6.07) is 0.409. The Morgan fingerprint density at radius 2 is 2.00 bits per heavy atom. The number of aryl methyl sites for hydroxylation is 1. The third kappa shape index (κ3) is 2.52. The van der Waals surface area contributed by atoms with Crippen LogP contribution in [0.15, 0.2) is 10.6 Å². The molecule has 17 heavy (non-hydrogen) atoms. The number of nitrogens with one attached hydrogen (secondary N) is 1. The van der Waals surface area contributed by atoms with Crippen molar-refractivity contribution < 1.29 is 17.7 Å². The maximum absolute atomic E-state index is 13.1. The lowest BCUT2D eigenvalue weighted by Crippen LogP contribution is -2.07. The van der Waals surface area contributed by atoms with Crippen molar-refractivity contribution in [3.63, 3.8) is 0 Å². The van der Waals surface area contributed by atoms with E-state index in [1.165, 1.54) is 0 Å². The Morgan fingerprint density at radius 1 is 1.24 bits per heavy atom. The van der Waals surface area contributed by atoms with Crippen molar-refractivity contribution in [2.45, 2.75) is 13.5 Å². The molecule has 0 amide bonds. The van der Waals surface area contributed by atoms with E-state index < -0.39 is 23.4 Å². The van der Waals surface area contributed by atoms with Crippen molar-refractivity contribution in [2.24, 2.45) is 0 Å². The molecule has 0 fully saturated rings. The zero-order valence-electron chi connectivity index (χ0n) is 8.67. The molecule has 0 aliphatic carbocycles. The van der Waals surface area contributed by atoms with Crippen molar-refractivity contribution in [1.29, 1.82) is 0 Å². The number of anilines is 1. The molecule has 0 aliphatic heterocycles. The van der Waals surface area contributed by atoms with E-state index in [0.29, 0.717) is 12.0 Å². The summed E-state index contributed by atoms with van der Waals surface area (Å²) in [6.07, 6.45) is 0. The van der Waals surface area contributed by atoms with E-state index in [1.807, 2.05) is 0 Å². The van der Waals surface area contributed by atoms with Crippen molar-refractivity contribution >= 4 is 5.82 Å². The Bertz CT molecular complexity index is 543. The monoisotopic (exact) mass is 244 g/mol. The molecule has 90 valence electrons. The standard InChI is InChI=1S/C9H7F3N4O/c1-4-14-7(16-17-4)3-13-9-6(11)2-5(10)8(12)15-9/h2H,3H2,1H3,(H,13,15). The van der Waals surface area contributed by atoms with Crippen LogP contribution >= 0.6 is 0 Å². The Kier molecular flexibility index (Phi) is 2.94. The molecule has 0 saturated carbocycles. The maximum Gasteiger partial charge on any atom is 0.251 e. The van der Waals surface area contributed by atoms with Gasteiger partial charge in [0, 0.05) is 13.0 Å². The predicted octanol–water partition coefficient (Wildman–Crippen LogP) is 1.80. The Morgan fingerprint density at radius 3 is 2.65 bits per heavy atom. The fraction of sp³-hybridized carbons (Fsp3) is 0.222. The summed E-state index contributed by atoms with van der Waals surface area (Å²) >= 11 is 0. The maximum atomic E-state index is 13.1. The Labute approximate surface area is 93.7 Å². The molecule has 8 heteroatoms. The first-order valence-electron chi connectivity index (χ1n) is 4.61. The van der Waals surface area contributed by atoms with Gasteiger partial charge in [-0.2, -0.15) is 14.4 Å². The normalized spacial score (nSPS) is 10.6. The van der Waals surface area contributed by atoms with Crippen LogP contribution in [0.4, 0.5) is 19.0 Å². The molecule has 2 aromatic heterocycles. The van der Waals surface area contributed by atoms with Gasteiger partial charge in [0.1, 0.15) is 0 Å². The number of rotatable bonds is 3. The molecule has 0 aromatic carbocycles. The molecular formula is C9H7F3N4O. The van der Waals surface area contributed by atoms with Crippen LogP contribution in [-0.4, -0.2) is 15.1 Å². The lowest BCUT2D eigenvalue weighted by Gasteiger charge is -2.04. The van der Waals surface area contributed by atoms with E-state index in [-0.39, 0.29) is 12.4 Å². The Hall–Kier alpha value is -2.12. The number of hydrogen-bond donors (Lipinski definition) is 1. The molecule has 0 unspecified atom stereocenters. The molecule has 2 heterocycles. The van der Waals surface area contributed by atoms with Gasteiger partial charge in [-0.15, -0.1) is 0 Å². The summed E-state index contributed by atoms with van der Waals surface area (Å²) in [5.74, 6) is -3.52. The molecule has 0 radical (unpaired) electrons. The van der Waals surface area contributed by atoms with E-state index >= 15 is 0 Å². The predicted molar refractivity (Wildman–Crippen MR) is 50.5 cm³/mol. The first kappa shape index (κ1) is 11.4. The van der Waals surface area contributed by atoms with Gasteiger partial charge < -0.3 is 9.84 Å². The smallest absolute Gasteiger partial charge is 0.251 e. The number of aromatic nitrogens is 3. The third-order valence-corrected chi connectivity index (χ3v) is 1.87. The second kappa shape index (κ2) is 4.40. The topological polar surface area (TPSA) is 63.8 Å². The highest BCUT2D eigenvalue weighted by molar-refractivity contribution is 5.36. The first-order chi connectivity index (χ1) is 8.06. The van der Waals surface area contributed by atoms with Gasteiger partial charge >= 0.3 is 0 Å². The van der Waals surface area contributed by atoms with Crippen LogP contribution in [0.2, 0.25) is 0 Å². The largest absolute Gasteiger partial charge is 0.360 e. The number of nitrogens with zero attached hydrogens (tertiary/aromatic N) is 3. The second-order valence-corrected chi connectivity index (χ2v) is 3.17. The lowest BCUT2D eigenvalue weighted by molar-refractivity contribution is 0.388. The Balaban J connectivity index is 2.11. The van der Waals surface area contributed by atoms with Crippen LogP contribution in [0.3, 0.4) is 0 Å². The summed E-state index contributed by atoms with van der Waals surface area (Å²) in [7, 11) is 0. The van der Waals surface area contributed by atoms with E-state index in [1.54, 1.807) is 6.92 Å². The molecule has 0 saturated heterocycles. The summed E-state index contributed by atoms with van der Waals surface area (Å²) in [5.41, 5.74) is 0. The van der Waals surface area contributed by atoms with Gasteiger partial charge in [-0.1, -0.05) is 5.16 Å². The molecule has 2 aromatic rings. The van der Waals surface area contributed by atoms with Crippen LogP contribution in [0, 0.1) is 24.5 Å². The van der Waals surface area contributed by atoms with E-state index in [4.69, 9.17) is 0 Å². The van der Waals surface area contributed by atoms with Gasteiger partial charge in [0.15, 0.2) is 23.3 Å². The fourth-order valence-electron chi connectivity index (χ4n) is 1.14. The summed E-state index contributed by atoms with van der Waals surface area (Å²) < 4.78 is 43.1. The average Bonchev–Trinajstić information content (AvgIpc) is 2.68. The van der Waals surface area contributed by atoms with E-state index in [0.717, 1.165) is 0 Å². The summed E-state index contributed by atoms with van der Waals surface area (Å²) in [4.78, 5) is 6.92. The summed E-state index contributed by atoms with van der Waals surface area (Å²) in [5, 5.41) is 5.97. The minimum absolute atomic E-state index is 0.00761. The molecule has 0 aliphatic rings. The van der Waals surface area contributed by atoms with Crippen LogP contribution in [0.1, 0.15) is 11.7 Å². The highest BCUT2D eigenvalue weighted by atomic mass is 19.2. The zero-order chi connectivity index (χ0) is 12.4. The molecular weight excluding hydrogens is 237 g/mol. The van der Waals surface area contributed by atoms with Gasteiger partial charge in [-0.3, -0.25) is 0 Å². The average molecular weight is 244 g/mol. The van der Waals surface area contributed by atoms with Crippen LogP contribution < -0.4 is 5.32 Å². The third-order valence-electron chi connectivity index (χ3n) is 1.87. The van der Waals surface area contributed by atoms with Gasteiger partial charge in [0.2, 0.25) is 5.89 Å². The highest BCUT2D eigenvalue weighted by Gasteiger charge is 2.12. The number of hydrogen-bond acceptors (Lipinski definition) is 5. The number of pyridine rings is 1. The van der Waals surface area contributed by atoms with Gasteiger partial charge in [-0.25, -0.2) is 8.78 Å². The SMILES string of the molecule is Cc1nc(CNc2nc(F)c(F)cc2F)no1. The molecule has 2 rings (SSSR count). The van der Waals surface area contributed by atoms with Crippen molar-refractivity contribution in [3.8, 4) is 0 Å². The van der Waals surface area contributed by atoms with Crippen molar-refractivity contribution in [2.75, 3.05) is 5.32 Å². The molecule has 0 atom stereocenters. The van der Waals surface area contributed by atoms with Gasteiger partial charge in [0.25, 0.3) is 5.95 Å². The van der Waals surface area contributed by atoms with E-state index in [2.05, 4.69) is 25.0 Å². The molecule has 1 N–H and O–H groups in total. The number of halogens is 3. The van der Waals surface area contributed by atoms with E-state index in [9.17, 15) is 13.2 Å². The zero-order valence-corrected chi connectivity index (χ0v) is 8.67. The molecule has 5 nitrogen and oxygen atoms in total. The quantitative estimate of drug-likeness (QED) is 0.834. The van der Waals surface area contributed by atoms with Crippen LogP contribution in [0.25, 0.3) is 0 Å². The molecule has 0 bridgehead atoms. The van der Waals surface area contributed by atoms with Crippen molar-refractivity contribution in [1.82, 2.24) is 15.1 Å². The minimum atomic E-state index is -1.38. The minimum Gasteiger partial charge on any atom is -0.360 e. The molecule has 0 spiro atoms. The van der Waals surface area contributed by atoms with Gasteiger partial charge in [-0.05, 0) is 0 Å². The highest BCUT2D eigenvalue weighted by Crippen LogP contribution is 2.14. The van der Waals surface area contributed by atoms with Crippen LogP contribution in [-0.2, 0) is 6.54 Å². The van der Waals surface area contributed by atoms with Crippen LogP contribution in [0.5, 0.6) is 0 Å². The fourth-order valence-corrected chi connectivity index (χ4v) is 1.14.